The molecule has 0 amide bonds. The maximum Gasteiger partial charge on any atom is 0.393 e. The van der Waals surface area contributed by atoms with Gasteiger partial charge in [-0.1, -0.05) is 44.0 Å². The highest BCUT2D eigenvalue weighted by Crippen LogP contribution is 2.65. The summed E-state index contributed by atoms with van der Waals surface area (Å²) in [4.78, 5) is 0. The van der Waals surface area contributed by atoms with Crippen LogP contribution in [0.1, 0.15) is 40.0 Å². The van der Waals surface area contributed by atoms with Crippen molar-refractivity contribution in [2.75, 3.05) is 0 Å². The Balaban J connectivity index is 4.62. The van der Waals surface area contributed by atoms with E-state index in [0.717, 1.165) is 11.4 Å². The van der Waals surface area contributed by atoms with E-state index in [2.05, 4.69) is 0 Å². The van der Waals surface area contributed by atoms with Gasteiger partial charge in [-0.15, -0.1) is 11.6 Å². The minimum Gasteiger partial charge on any atom is -0.281 e. The summed E-state index contributed by atoms with van der Waals surface area (Å²) in [5.41, 5.74) is -1.34. The molecule has 0 aromatic carbocycles. The first kappa shape index (κ1) is 18.4. The van der Waals surface area contributed by atoms with Crippen LogP contribution in [0.25, 0.3) is 0 Å². The van der Waals surface area contributed by atoms with Gasteiger partial charge in [0.1, 0.15) is 11.1 Å². The monoisotopic (exact) mass is 342 g/mol. The van der Waals surface area contributed by atoms with E-state index in [-0.39, 0.29) is 4.71 Å². The number of hydrogen-bond donors (Lipinski definition) is 0. The molecule has 0 rings (SSSR count). The predicted molar refractivity (Wildman–Crippen MR) is 77.2 cm³/mol. The normalized spacial score (nSPS) is 20.6. The summed E-state index contributed by atoms with van der Waals surface area (Å²) < 4.78 is 22.5. The Hall–Kier alpha value is 1.37. The molecular formula is C9H18Cl3O3PS. The minimum atomic E-state index is -3.42. The first-order chi connectivity index (χ1) is 7.86. The highest BCUT2D eigenvalue weighted by atomic mass is 35.5. The zero-order valence-electron chi connectivity index (χ0n) is 10.1. The van der Waals surface area contributed by atoms with Crippen LogP contribution in [0.2, 0.25) is 0 Å². The van der Waals surface area contributed by atoms with Crippen molar-refractivity contribution in [3.8, 4) is 0 Å². The van der Waals surface area contributed by atoms with Gasteiger partial charge in [-0.2, -0.15) is 0 Å². The van der Waals surface area contributed by atoms with Gasteiger partial charge in [-0.3, -0.25) is 9.05 Å². The van der Waals surface area contributed by atoms with Gasteiger partial charge in [-0.05, 0) is 30.6 Å². The SMILES string of the molecule is CCC(Cl)OP(=O)(OC(Cl)CC)SC(Cl)CC. The Kier molecular flexibility index (Phi) is 10.1. The van der Waals surface area contributed by atoms with Gasteiger partial charge in [0.2, 0.25) is 0 Å². The highest BCUT2D eigenvalue weighted by Gasteiger charge is 2.33. The fourth-order valence-electron chi connectivity index (χ4n) is 0.718. The zero-order chi connectivity index (χ0) is 13.5. The zero-order valence-corrected chi connectivity index (χ0v) is 14.0. The van der Waals surface area contributed by atoms with E-state index >= 15 is 0 Å². The quantitative estimate of drug-likeness (QED) is 0.392. The fraction of sp³-hybridized carbons (Fsp3) is 1.00. The van der Waals surface area contributed by atoms with Crippen LogP contribution in [-0.4, -0.2) is 15.8 Å². The third-order valence-corrected chi connectivity index (χ3v) is 7.59. The number of hydrogen-bond acceptors (Lipinski definition) is 4. The van der Waals surface area contributed by atoms with Crippen LogP contribution in [0.3, 0.4) is 0 Å². The second-order valence-corrected chi connectivity index (χ2v) is 9.05. The first-order valence-corrected chi connectivity index (χ1v) is 9.77. The molecule has 17 heavy (non-hydrogen) atoms. The smallest absolute Gasteiger partial charge is 0.281 e. The van der Waals surface area contributed by atoms with Crippen molar-refractivity contribution in [3.05, 3.63) is 0 Å². The molecule has 0 heterocycles. The summed E-state index contributed by atoms with van der Waals surface area (Å²) in [5.74, 6) is 0. The van der Waals surface area contributed by atoms with E-state index in [9.17, 15) is 4.57 Å². The molecule has 0 saturated heterocycles. The predicted octanol–water partition coefficient (Wildman–Crippen LogP) is 5.79. The molecule has 0 fully saturated rings. The Bertz CT molecular complexity index is 220. The van der Waals surface area contributed by atoms with Crippen molar-refractivity contribution in [1.82, 2.24) is 0 Å². The van der Waals surface area contributed by atoms with Crippen LogP contribution in [0.15, 0.2) is 0 Å². The molecule has 0 saturated carbocycles. The molecule has 3 atom stereocenters. The second-order valence-electron chi connectivity index (χ2n) is 3.22. The van der Waals surface area contributed by atoms with E-state index in [1.165, 1.54) is 0 Å². The van der Waals surface area contributed by atoms with E-state index in [0.29, 0.717) is 19.3 Å². The van der Waals surface area contributed by atoms with Crippen molar-refractivity contribution in [2.24, 2.45) is 0 Å². The van der Waals surface area contributed by atoms with Crippen LogP contribution in [0.4, 0.5) is 0 Å². The first-order valence-electron chi connectivity index (χ1n) is 5.44. The number of alkyl halides is 3. The minimum absolute atomic E-state index is 0.359. The van der Waals surface area contributed by atoms with Crippen molar-refractivity contribution in [3.63, 3.8) is 0 Å². The molecule has 104 valence electrons. The average molecular weight is 344 g/mol. The summed E-state index contributed by atoms with van der Waals surface area (Å²) in [6.07, 6.45) is 1.68. The fourth-order valence-corrected chi connectivity index (χ4v) is 6.16. The van der Waals surface area contributed by atoms with Crippen LogP contribution in [-0.2, 0) is 13.6 Å². The van der Waals surface area contributed by atoms with Crippen LogP contribution >= 0.6 is 53.0 Å². The standard InChI is InChI=1S/C9H18Cl3O3PS/c1-4-7(10)14-16(13,15-8(11)5-2)17-9(12)6-3/h7-9H,4-6H2,1-3H3. The summed E-state index contributed by atoms with van der Waals surface area (Å²) in [7, 11) is 0. The Morgan fingerprint density at radius 1 is 1.00 bits per heavy atom. The van der Waals surface area contributed by atoms with Crippen molar-refractivity contribution in [1.29, 1.82) is 0 Å². The third kappa shape index (κ3) is 8.20. The topological polar surface area (TPSA) is 35.5 Å². The summed E-state index contributed by atoms with van der Waals surface area (Å²) >= 11 is 18.5. The van der Waals surface area contributed by atoms with Gasteiger partial charge in [0.15, 0.2) is 0 Å². The molecule has 3 unspecified atom stereocenters. The lowest BCUT2D eigenvalue weighted by Crippen LogP contribution is -2.08. The van der Waals surface area contributed by atoms with Gasteiger partial charge in [0.25, 0.3) is 0 Å². The average Bonchev–Trinajstić information content (AvgIpc) is 2.27. The lowest BCUT2D eigenvalue weighted by atomic mass is 10.5. The molecule has 0 aliphatic heterocycles. The van der Waals surface area contributed by atoms with Gasteiger partial charge >= 0.3 is 6.80 Å². The van der Waals surface area contributed by atoms with Crippen LogP contribution < -0.4 is 0 Å². The van der Waals surface area contributed by atoms with Crippen molar-refractivity contribution in [2.45, 2.75) is 55.9 Å². The maximum absolute atomic E-state index is 12.4. The van der Waals surface area contributed by atoms with Gasteiger partial charge in [-0.25, -0.2) is 4.57 Å². The summed E-state index contributed by atoms with van der Waals surface area (Å²) in [6, 6.07) is 0. The molecule has 0 aromatic heterocycles. The van der Waals surface area contributed by atoms with Gasteiger partial charge in [0, 0.05) is 0 Å². The Labute approximate surface area is 122 Å². The molecule has 0 spiro atoms. The Morgan fingerprint density at radius 2 is 1.41 bits per heavy atom. The molecule has 0 bridgehead atoms. The van der Waals surface area contributed by atoms with Gasteiger partial charge < -0.3 is 0 Å². The molecule has 0 aromatic rings. The third-order valence-electron chi connectivity index (χ3n) is 1.69. The highest BCUT2D eigenvalue weighted by molar-refractivity contribution is 8.55. The van der Waals surface area contributed by atoms with E-state index in [1.54, 1.807) is 0 Å². The molecule has 8 heteroatoms. The molecule has 0 N–H and O–H groups in total. The Morgan fingerprint density at radius 3 is 1.71 bits per heavy atom. The second kappa shape index (κ2) is 9.30. The van der Waals surface area contributed by atoms with Crippen LogP contribution in [0, 0.1) is 0 Å². The molecule has 3 nitrogen and oxygen atoms in total. The summed E-state index contributed by atoms with van der Waals surface area (Å²) in [5, 5.41) is 0. The molecule has 0 aliphatic rings. The molecular weight excluding hydrogens is 325 g/mol. The maximum atomic E-state index is 12.4. The number of rotatable bonds is 9. The molecule has 0 radical (unpaired) electrons. The van der Waals surface area contributed by atoms with Gasteiger partial charge in [0.05, 0.1) is 4.71 Å². The lowest BCUT2D eigenvalue weighted by molar-refractivity contribution is 0.186. The van der Waals surface area contributed by atoms with Crippen LogP contribution in [0.5, 0.6) is 0 Å². The molecule has 0 aliphatic carbocycles. The summed E-state index contributed by atoms with van der Waals surface area (Å²) in [6.45, 7) is 2.11. The van der Waals surface area contributed by atoms with Crippen molar-refractivity contribution >= 4 is 53.0 Å². The van der Waals surface area contributed by atoms with Crippen molar-refractivity contribution < 1.29 is 13.6 Å². The van der Waals surface area contributed by atoms with E-state index < -0.39 is 17.9 Å². The number of halogens is 3. The lowest BCUT2D eigenvalue weighted by Gasteiger charge is -2.23. The largest absolute Gasteiger partial charge is 0.393 e. The van der Waals surface area contributed by atoms with E-state index in [4.69, 9.17) is 43.9 Å². The van der Waals surface area contributed by atoms with E-state index in [1.807, 2.05) is 20.8 Å².